The SMILES string of the molecule is CC(=O)n1c2ccccc2c2ccc(C(=O)C(C)Cl)cc21. The number of benzene rings is 2. The van der Waals surface area contributed by atoms with Crippen molar-refractivity contribution in [2.24, 2.45) is 0 Å². The summed E-state index contributed by atoms with van der Waals surface area (Å²) in [5.74, 6) is -0.219. The van der Waals surface area contributed by atoms with Crippen LogP contribution < -0.4 is 0 Å². The van der Waals surface area contributed by atoms with Gasteiger partial charge < -0.3 is 0 Å². The van der Waals surface area contributed by atoms with Gasteiger partial charge in [-0.1, -0.05) is 30.3 Å². The maximum atomic E-state index is 12.1. The molecule has 3 rings (SSSR count). The van der Waals surface area contributed by atoms with E-state index in [9.17, 15) is 9.59 Å². The quantitative estimate of drug-likeness (QED) is 0.524. The molecule has 21 heavy (non-hydrogen) atoms. The Balaban J connectivity index is 2.39. The van der Waals surface area contributed by atoms with Gasteiger partial charge in [-0.25, -0.2) is 0 Å². The number of hydrogen-bond donors (Lipinski definition) is 0. The van der Waals surface area contributed by atoms with Crippen molar-refractivity contribution in [1.82, 2.24) is 4.57 Å². The minimum absolute atomic E-state index is 0.0790. The summed E-state index contributed by atoms with van der Waals surface area (Å²) in [6, 6.07) is 13.1. The maximum Gasteiger partial charge on any atom is 0.228 e. The molecule has 0 N–H and O–H groups in total. The molecule has 0 radical (unpaired) electrons. The second kappa shape index (κ2) is 5.01. The molecule has 1 atom stereocenters. The summed E-state index contributed by atoms with van der Waals surface area (Å²) in [5, 5.41) is 1.37. The van der Waals surface area contributed by atoms with Crippen molar-refractivity contribution in [3.05, 3.63) is 48.0 Å². The van der Waals surface area contributed by atoms with Gasteiger partial charge >= 0.3 is 0 Å². The van der Waals surface area contributed by atoms with E-state index >= 15 is 0 Å². The van der Waals surface area contributed by atoms with Crippen molar-refractivity contribution >= 4 is 45.1 Å². The molecule has 106 valence electrons. The van der Waals surface area contributed by atoms with Crippen LogP contribution in [0.25, 0.3) is 21.8 Å². The molecule has 0 bridgehead atoms. The second-order valence-corrected chi connectivity index (χ2v) is 5.74. The van der Waals surface area contributed by atoms with E-state index in [0.29, 0.717) is 5.56 Å². The van der Waals surface area contributed by atoms with Crippen LogP contribution >= 0.6 is 11.6 Å². The molecule has 0 aliphatic rings. The summed E-state index contributed by atoms with van der Waals surface area (Å²) in [6.45, 7) is 3.17. The Bertz CT molecular complexity index is 877. The number of rotatable bonds is 2. The smallest absolute Gasteiger partial charge is 0.228 e. The molecule has 0 spiro atoms. The molecule has 1 aromatic heterocycles. The highest BCUT2D eigenvalue weighted by Gasteiger charge is 2.17. The number of nitrogens with zero attached hydrogens (tertiary/aromatic N) is 1. The first-order valence-corrected chi connectivity index (χ1v) is 7.17. The summed E-state index contributed by atoms with van der Waals surface area (Å²) in [4.78, 5) is 24.1. The van der Waals surface area contributed by atoms with Gasteiger partial charge in [-0.05, 0) is 19.1 Å². The third-order valence-corrected chi connectivity index (χ3v) is 3.83. The van der Waals surface area contributed by atoms with Crippen LogP contribution in [0.5, 0.6) is 0 Å². The maximum absolute atomic E-state index is 12.1. The van der Waals surface area contributed by atoms with Crippen molar-refractivity contribution in [2.45, 2.75) is 19.2 Å². The van der Waals surface area contributed by atoms with Gasteiger partial charge in [0, 0.05) is 23.3 Å². The number of hydrogen-bond acceptors (Lipinski definition) is 2. The number of alkyl halides is 1. The predicted octanol–water partition coefficient (Wildman–Crippen LogP) is 4.26. The largest absolute Gasteiger partial charge is 0.293 e. The zero-order valence-electron chi connectivity index (χ0n) is 11.8. The zero-order chi connectivity index (χ0) is 15.1. The molecule has 0 saturated carbocycles. The Morgan fingerprint density at radius 2 is 1.71 bits per heavy atom. The van der Waals surface area contributed by atoms with Crippen molar-refractivity contribution in [1.29, 1.82) is 0 Å². The van der Waals surface area contributed by atoms with Crippen LogP contribution in [0.3, 0.4) is 0 Å². The third-order valence-electron chi connectivity index (χ3n) is 3.63. The molecule has 0 amide bonds. The van der Waals surface area contributed by atoms with Crippen LogP contribution in [0.1, 0.15) is 29.0 Å². The van der Waals surface area contributed by atoms with Crippen LogP contribution in [-0.2, 0) is 0 Å². The Kier molecular flexibility index (Phi) is 3.30. The standard InChI is InChI=1S/C17H14ClNO2/c1-10(18)17(21)12-7-8-14-13-5-3-4-6-15(13)19(11(2)20)16(14)9-12/h3-10H,1-2H3. The lowest BCUT2D eigenvalue weighted by Gasteiger charge is -2.05. The Morgan fingerprint density at radius 1 is 1.05 bits per heavy atom. The van der Waals surface area contributed by atoms with Gasteiger partial charge in [0.05, 0.1) is 16.4 Å². The van der Waals surface area contributed by atoms with Gasteiger partial charge in [0.15, 0.2) is 5.78 Å². The van der Waals surface area contributed by atoms with Crippen LogP contribution in [0.2, 0.25) is 0 Å². The molecule has 0 saturated heterocycles. The first-order chi connectivity index (χ1) is 10.0. The number of fused-ring (bicyclic) bond motifs is 3. The van der Waals surface area contributed by atoms with E-state index in [1.54, 1.807) is 23.6 Å². The third kappa shape index (κ3) is 2.14. The number of ketones is 1. The van der Waals surface area contributed by atoms with E-state index in [1.807, 2.05) is 30.3 Å². The molecule has 4 heteroatoms. The average molecular weight is 300 g/mol. The lowest BCUT2D eigenvalue weighted by Crippen LogP contribution is -2.11. The van der Waals surface area contributed by atoms with E-state index in [1.165, 1.54) is 6.92 Å². The highest BCUT2D eigenvalue weighted by Crippen LogP contribution is 2.30. The molecule has 0 aliphatic carbocycles. The molecule has 3 aromatic rings. The topological polar surface area (TPSA) is 39.1 Å². The van der Waals surface area contributed by atoms with Crippen LogP contribution in [0.15, 0.2) is 42.5 Å². The summed E-state index contributed by atoms with van der Waals surface area (Å²) in [7, 11) is 0. The minimum Gasteiger partial charge on any atom is -0.293 e. The highest BCUT2D eigenvalue weighted by atomic mass is 35.5. The lowest BCUT2D eigenvalue weighted by atomic mass is 10.1. The molecule has 0 aliphatic heterocycles. The molecular formula is C17H14ClNO2. The van der Waals surface area contributed by atoms with E-state index in [4.69, 9.17) is 11.6 Å². The van der Waals surface area contributed by atoms with Gasteiger partial charge in [0.2, 0.25) is 5.91 Å². The fourth-order valence-electron chi connectivity index (χ4n) is 2.69. The van der Waals surface area contributed by atoms with Crippen LogP contribution in [0, 0.1) is 0 Å². The van der Waals surface area contributed by atoms with E-state index < -0.39 is 5.38 Å². The zero-order valence-corrected chi connectivity index (χ0v) is 12.5. The van der Waals surface area contributed by atoms with E-state index in [-0.39, 0.29) is 11.7 Å². The Hall–Kier alpha value is -2.13. The minimum atomic E-state index is -0.586. The number of carbonyl (C=O) groups is 2. The van der Waals surface area contributed by atoms with Gasteiger partial charge in [-0.15, -0.1) is 11.6 Å². The Labute approximate surface area is 127 Å². The van der Waals surface area contributed by atoms with Crippen molar-refractivity contribution < 1.29 is 9.59 Å². The molecule has 0 fully saturated rings. The fraction of sp³-hybridized carbons (Fsp3) is 0.176. The number of aromatic nitrogens is 1. The van der Waals surface area contributed by atoms with Crippen LogP contribution in [-0.4, -0.2) is 21.6 Å². The monoisotopic (exact) mass is 299 g/mol. The Morgan fingerprint density at radius 3 is 2.38 bits per heavy atom. The van der Waals surface area contributed by atoms with Gasteiger partial charge in [-0.3, -0.25) is 14.2 Å². The van der Waals surface area contributed by atoms with Gasteiger partial charge in [0.25, 0.3) is 0 Å². The molecule has 1 heterocycles. The van der Waals surface area contributed by atoms with Crippen molar-refractivity contribution in [2.75, 3.05) is 0 Å². The first-order valence-electron chi connectivity index (χ1n) is 6.73. The summed E-state index contributed by atoms with van der Waals surface area (Å²) < 4.78 is 1.64. The van der Waals surface area contributed by atoms with Gasteiger partial charge in [-0.2, -0.15) is 0 Å². The normalized spacial score (nSPS) is 12.7. The number of Topliss-reactive ketones (excluding diaryl/α,β-unsaturated/α-hetero) is 1. The van der Waals surface area contributed by atoms with Gasteiger partial charge in [0.1, 0.15) is 0 Å². The van der Waals surface area contributed by atoms with Crippen LogP contribution in [0.4, 0.5) is 0 Å². The van der Waals surface area contributed by atoms with E-state index in [2.05, 4.69) is 0 Å². The predicted molar refractivity (Wildman–Crippen MR) is 85.4 cm³/mol. The number of carbonyl (C=O) groups excluding carboxylic acids is 2. The van der Waals surface area contributed by atoms with Crippen molar-refractivity contribution in [3.8, 4) is 0 Å². The summed E-state index contributed by atoms with van der Waals surface area (Å²) >= 11 is 5.87. The highest BCUT2D eigenvalue weighted by molar-refractivity contribution is 6.33. The molecule has 3 nitrogen and oxygen atoms in total. The van der Waals surface area contributed by atoms with Crippen molar-refractivity contribution in [3.63, 3.8) is 0 Å². The first kappa shape index (κ1) is 13.8. The van der Waals surface area contributed by atoms with E-state index in [0.717, 1.165) is 21.8 Å². The molecule has 2 aromatic carbocycles. The second-order valence-electron chi connectivity index (χ2n) is 5.08. The fourth-order valence-corrected chi connectivity index (χ4v) is 2.82. The average Bonchev–Trinajstić information content (AvgIpc) is 2.79. The molecular weight excluding hydrogens is 286 g/mol. The summed E-state index contributed by atoms with van der Waals surface area (Å²) in [5.41, 5.74) is 2.12. The summed E-state index contributed by atoms with van der Waals surface area (Å²) in [6.07, 6.45) is 0. The number of para-hydroxylation sites is 1. The lowest BCUT2D eigenvalue weighted by molar-refractivity contribution is 0.0944. The molecule has 1 unspecified atom stereocenters. The number of halogens is 1.